The molecule has 4 heteroatoms. The lowest BCUT2D eigenvalue weighted by Crippen LogP contribution is -2.53. The minimum Gasteiger partial charge on any atom is -0.378 e. The third kappa shape index (κ3) is 3.02. The van der Waals surface area contributed by atoms with Crippen LogP contribution in [0.25, 0.3) is 0 Å². The molecule has 108 valence electrons. The number of morpholine rings is 1. The van der Waals surface area contributed by atoms with Crippen LogP contribution < -0.4 is 5.32 Å². The van der Waals surface area contributed by atoms with Crippen LogP contribution in [-0.4, -0.2) is 49.7 Å². The number of piperidine rings is 1. The quantitative estimate of drug-likeness (QED) is 0.886. The Kier molecular flexibility index (Phi) is 4.33. The van der Waals surface area contributed by atoms with Crippen LogP contribution in [-0.2, 0) is 9.53 Å². The van der Waals surface area contributed by atoms with Gasteiger partial charge in [0.15, 0.2) is 0 Å². The van der Waals surface area contributed by atoms with Gasteiger partial charge in [-0.15, -0.1) is 0 Å². The second kappa shape index (κ2) is 6.37. The normalized spacial score (nSPS) is 24.6. The van der Waals surface area contributed by atoms with E-state index < -0.39 is 0 Å². The van der Waals surface area contributed by atoms with Crippen LogP contribution in [0.5, 0.6) is 0 Å². The van der Waals surface area contributed by atoms with Crippen molar-refractivity contribution in [3.8, 4) is 0 Å². The van der Waals surface area contributed by atoms with Crippen LogP contribution in [0.4, 0.5) is 0 Å². The fourth-order valence-electron chi connectivity index (χ4n) is 3.10. The molecule has 1 N–H and O–H groups in total. The van der Waals surface area contributed by atoms with E-state index in [1.165, 1.54) is 5.56 Å². The molecule has 2 aliphatic heterocycles. The summed E-state index contributed by atoms with van der Waals surface area (Å²) in [5, 5.41) is 3.24. The minimum atomic E-state index is -0.142. The maximum absolute atomic E-state index is 12.4. The smallest absolute Gasteiger partial charge is 0.242 e. The van der Waals surface area contributed by atoms with Gasteiger partial charge in [0.1, 0.15) is 6.04 Å². The van der Waals surface area contributed by atoms with Crippen molar-refractivity contribution in [1.29, 1.82) is 0 Å². The van der Waals surface area contributed by atoms with Crippen molar-refractivity contribution < 1.29 is 9.53 Å². The van der Waals surface area contributed by atoms with Gasteiger partial charge in [0, 0.05) is 19.6 Å². The zero-order valence-electron chi connectivity index (χ0n) is 11.8. The zero-order chi connectivity index (χ0) is 13.8. The third-order valence-electron chi connectivity index (χ3n) is 4.30. The highest BCUT2D eigenvalue weighted by Gasteiger charge is 2.29. The second-order valence-electron chi connectivity index (χ2n) is 5.59. The number of likely N-dealkylation sites (tertiary alicyclic amines) is 1. The summed E-state index contributed by atoms with van der Waals surface area (Å²) in [6.07, 6.45) is 2.12. The maximum atomic E-state index is 12.4. The molecule has 0 aromatic heterocycles. The summed E-state index contributed by atoms with van der Waals surface area (Å²) in [7, 11) is 0. The minimum absolute atomic E-state index is 0.142. The molecule has 0 bridgehead atoms. The Labute approximate surface area is 120 Å². The number of hydrogen-bond acceptors (Lipinski definition) is 3. The molecule has 0 saturated carbocycles. The highest BCUT2D eigenvalue weighted by Crippen LogP contribution is 2.27. The summed E-state index contributed by atoms with van der Waals surface area (Å²) in [5.41, 5.74) is 1.40. The molecule has 0 aliphatic carbocycles. The number of nitrogens with zero attached hydrogens (tertiary/aromatic N) is 1. The van der Waals surface area contributed by atoms with Crippen molar-refractivity contribution in [2.24, 2.45) is 0 Å². The Bertz CT molecular complexity index is 435. The van der Waals surface area contributed by atoms with Gasteiger partial charge in [-0.1, -0.05) is 30.3 Å². The number of carbonyl (C=O) groups is 1. The fraction of sp³-hybridized carbons (Fsp3) is 0.562. The summed E-state index contributed by atoms with van der Waals surface area (Å²) in [5.74, 6) is 0.798. The molecule has 1 unspecified atom stereocenters. The van der Waals surface area contributed by atoms with Gasteiger partial charge in [0.2, 0.25) is 5.91 Å². The van der Waals surface area contributed by atoms with Crippen molar-refractivity contribution in [2.45, 2.75) is 24.8 Å². The summed E-state index contributed by atoms with van der Waals surface area (Å²) in [6, 6.07) is 10.5. The molecule has 3 rings (SSSR count). The van der Waals surface area contributed by atoms with Gasteiger partial charge in [0.05, 0.1) is 13.2 Å². The summed E-state index contributed by atoms with van der Waals surface area (Å²) in [6.45, 7) is 3.71. The van der Waals surface area contributed by atoms with Crippen LogP contribution in [0.2, 0.25) is 0 Å². The van der Waals surface area contributed by atoms with E-state index in [0.717, 1.165) is 32.5 Å². The molecule has 2 saturated heterocycles. The molecule has 1 aromatic rings. The third-order valence-corrected chi connectivity index (χ3v) is 4.30. The average Bonchev–Trinajstić information content (AvgIpc) is 2.56. The summed E-state index contributed by atoms with van der Waals surface area (Å²) >= 11 is 0. The molecular formula is C16H22N2O2. The van der Waals surface area contributed by atoms with Crippen molar-refractivity contribution in [1.82, 2.24) is 10.2 Å². The van der Waals surface area contributed by atoms with Crippen LogP contribution in [0, 0.1) is 0 Å². The highest BCUT2D eigenvalue weighted by molar-refractivity contribution is 5.82. The predicted molar refractivity (Wildman–Crippen MR) is 77.6 cm³/mol. The fourth-order valence-corrected chi connectivity index (χ4v) is 3.10. The van der Waals surface area contributed by atoms with E-state index in [4.69, 9.17) is 4.74 Å². The zero-order valence-corrected chi connectivity index (χ0v) is 11.8. The number of rotatable bonds is 2. The number of amides is 1. The number of carbonyl (C=O) groups excluding carboxylic acids is 1. The van der Waals surface area contributed by atoms with Crippen molar-refractivity contribution in [2.75, 3.05) is 32.8 Å². The van der Waals surface area contributed by atoms with Crippen LogP contribution in [0.3, 0.4) is 0 Å². The molecule has 2 aliphatic rings. The van der Waals surface area contributed by atoms with Gasteiger partial charge >= 0.3 is 0 Å². The largest absolute Gasteiger partial charge is 0.378 e. The van der Waals surface area contributed by atoms with Crippen molar-refractivity contribution in [3.05, 3.63) is 35.9 Å². The van der Waals surface area contributed by atoms with E-state index in [-0.39, 0.29) is 11.9 Å². The first-order chi connectivity index (χ1) is 9.84. The molecule has 0 radical (unpaired) electrons. The van der Waals surface area contributed by atoms with Gasteiger partial charge in [-0.05, 0) is 24.3 Å². The molecule has 1 atom stereocenters. The van der Waals surface area contributed by atoms with Crippen molar-refractivity contribution in [3.63, 3.8) is 0 Å². The standard InChI is InChI=1S/C16H22N2O2/c19-16(15-12-20-11-8-17-15)18-9-6-14(7-10-18)13-4-2-1-3-5-13/h1-5,14-15,17H,6-12H2. The lowest BCUT2D eigenvalue weighted by Gasteiger charge is -2.35. The van der Waals surface area contributed by atoms with E-state index >= 15 is 0 Å². The molecule has 2 fully saturated rings. The van der Waals surface area contributed by atoms with Crippen molar-refractivity contribution >= 4 is 5.91 Å². The first-order valence-corrected chi connectivity index (χ1v) is 7.49. The van der Waals surface area contributed by atoms with Gasteiger partial charge in [0.25, 0.3) is 0 Å². The number of ether oxygens (including phenoxy) is 1. The van der Waals surface area contributed by atoms with E-state index in [2.05, 4.69) is 35.6 Å². The molecule has 1 aromatic carbocycles. The van der Waals surface area contributed by atoms with E-state index in [0.29, 0.717) is 19.1 Å². The molecule has 2 heterocycles. The lowest BCUT2D eigenvalue weighted by molar-refractivity contribution is -0.137. The number of hydrogen-bond donors (Lipinski definition) is 1. The van der Waals surface area contributed by atoms with E-state index in [1.54, 1.807) is 0 Å². The molecule has 0 spiro atoms. The van der Waals surface area contributed by atoms with E-state index in [1.807, 2.05) is 4.90 Å². The number of nitrogens with one attached hydrogen (secondary N) is 1. The monoisotopic (exact) mass is 274 g/mol. The van der Waals surface area contributed by atoms with Gasteiger partial charge in [-0.2, -0.15) is 0 Å². The average molecular weight is 274 g/mol. The molecule has 4 nitrogen and oxygen atoms in total. The molecular weight excluding hydrogens is 252 g/mol. The Morgan fingerprint density at radius 2 is 1.95 bits per heavy atom. The van der Waals surface area contributed by atoms with Crippen LogP contribution >= 0.6 is 0 Å². The Hall–Kier alpha value is -1.39. The van der Waals surface area contributed by atoms with Crippen LogP contribution in [0.15, 0.2) is 30.3 Å². The Balaban J connectivity index is 1.54. The summed E-state index contributed by atoms with van der Waals surface area (Å²) in [4.78, 5) is 14.4. The lowest BCUT2D eigenvalue weighted by atomic mass is 9.89. The summed E-state index contributed by atoms with van der Waals surface area (Å²) < 4.78 is 5.37. The molecule has 20 heavy (non-hydrogen) atoms. The Morgan fingerprint density at radius 1 is 1.20 bits per heavy atom. The number of benzene rings is 1. The van der Waals surface area contributed by atoms with Gasteiger partial charge in [-0.3, -0.25) is 4.79 Å². The Morgan fingerprint density at radius 3 is 2.60 bits per heavy atom. The first-order valence-electron chi connectivity index (χ1n) is 7.49. The SMILES string of the molecule is O=C(C1COCCN1)N1CCC(c2ccccc2)CC1. The molecule has 1 amide bonds. The topological polar surface area (TPSA) is 41.6 Å². The van der Waals surface area contributed by atoms with Gasteiger partial charge < -0.3 is 15.0 Å². The van der Waals surface area contributed by atoms with Crippen LogP contribution in [0.1, 0.15) is 24.3 Å². The maximum Gasteiger partial charge on any atom is 0.242 e. The predicted octanol–water partition coefficient (Wildman–Crippen LogP) is 1.38. The highest BCUT2D eigenvalue weighted by atomic mass is 16.5. The second-order valence-corrected chi connectivity index (χ2v) is 5.59. The van der Waals surface area contributed by atoms with Gasteiger partial charge in [-0.25, -0.2) is 0 Å². The first kappa shape index (κ1) is 13.6. The van der Waals surface area contributed by atoms with E-state index in [9.17, 15) is 4.79 Å².